The fourth-order valence-electron chi connectivity index (χ4n) is 1.30. The van der Waals surface area contributed by atoms with Gasteiger partial charge in [0.2, 0.25) is 0 Å². The van der Waals surface area contributed by atoms with E-state index in [1.807, 2.05) is 13.8 Å². The molecule has 6 nitrogen and oxygen atoms in total. The Balaban J connectivity index is 2.36. The zero-order chi connectivity index (χ0) is 13.3. The number of nitrogens with two attached hydrogens (primary N) is 1. The minimum Gasteiger partial charge on any atom is -0.398 e. The summed E-state index contributed by atoms with van der Waals surface area (Å²) in [4.78, 5) is 8.80. The second kappa shape index (κ2) is 4.54. The van der Waals surface area contributed by atoms with E-state index >= 15 is 0 Å². The van der Waals surface area contributed by atoms with Gasteiger partial charge in [0, 0.05) is 17.3 Å². The number of aryl methyl sites for hydroxylation is 2. The molecule has 0 aromatic carbocycles. The van der Waals surface area contributed by atoms with E-state index in [1.54, 1.807) is 0 Å². The van der Waals surface area contributed by atoms with Crippen LogP contribution in [-0.4, -0.2) is 18.4 Å². The van der Waals surface area contributed by atoms with Gasteiger partial charge in [-0.2, -0.15) is 0 Å². The predicted octanol–water partition coefficient (Wildman–Crippen LogP) is 1.54. The average molecular weight is 284 g/mol. The van der Waals surface area contributed by atoms with Crippen LogP contribution in [-0.2, 0) is 10.0 Å². The lowest BCUT2D eigenvalue weighted by molar-refractivity contribution is 0.601. The van der Waals surface area contributed by atoms with Gasteiger partial charge in [-0.3, -0.25) is 9.71 Å². The quantitative estimate of drug-likeness (QED) is 0.890. The standard InChI is InChI=1S/C10H12N4O2S2/c1-6-7(2)17-10(13-6)14-18(15,16)9-5-12-4-3-8(9)11/h3-5H,1-2H3,(H2,11,12)(H,13,14). The topological polar surface area (TPSA) is 98.0 Å². The SMILES string of the molecule is Cc1nc(NS(=O)(=O)c2cnccc2N)sc1C. The van der Waals surface area contributed by atoms with Crippen LogP contribution in [0.4, 0.5) is 10.8 Å². The fraction of sp³-hybridized carbons (Fsp3) is 0.200. The molecular formula is C10H12N4O2S2. The second-order valence-electron chi connectivity index (χ2n) is 3.68. The van der Waals surface area contributed by atoms with E-state index in [1.165, 1.54) is 29.8 Å². The third-order valence-electron chi connectivity index (χ3n) is 2.36. The molecule has 0 amide bonds. The largest absolute Gasteiger partial charge is 0.398 e. The number of hydrogen-bond acceptors (Lipinski definition) is 6. The van der Waals surface area contributed by atoms with Crippen LogP contribution >= 0.6 is 11.3 Å². The molecule has 2 heterocycles. The lowest BCUT2D eigenvalue weighted by atomic mass is 10.4. The van der Waals surface area contributed by atoms with Crippen LogP contribution in [0.3, 0.4) is 0 Å². The van der Waals surface area contributed by atoms with Crippen LogP contribution in [0.15, 0.2) is 23.4 Å². The Kier molecular flexibility index (Phi) is 3.22. The Morgan fingerprint density at radius 3 is 2.67 bits per heavy atom. The summed E-state index contributed by atoms with van der Waals surface area (Å²) >= 11 is 1.28. The Morgan fingerprint density at radius 2 is 2.11 bits per heavy atom. The molecule has 0 saturated heterocycles. The number of sulfonamides is 1. The Morgan fingerprint density at radius 1 is 1.39 bits per heavy atom. The van der Waals surface area contributed by atoms with Gasteiger partial charge in [-0.25, -0.2) is 13.4 Å². The Hall–Kier alpha value is -1.67. The van der Waals surface area contributed by atoms with Crippen LogP contribution < -0.4 is 10.5 Å². The minimum atomic E-state index is -3.74. The first-order valence-electron chi connectivity index (χ1n) is 5.06. The number of nitrogens with zero attached hydrogens (tertiary/aromatic N) is 2. The van der Waals surface area contributed by atoms with Crippen molar-refractivity contribution < 1.29 is 8.42 Å². The number of aromatic nitrogens is 2. The van der Waals surface area contributed by atoms with Crippen molar-refractivity contribution in [3.8, 4) is 0 Å². The van der Waals surface area contributed by atoms with E-state index < -0.39 is 10.0 Å². The Labute approximate surface area is 109 Å². The normalized spacial score (nSPS) is 11.4. The maximum atomic E-state index is 12.1. The third kappa shape index (κ3) is 2.44. The summed E-state index contributed by atoms with van der Waals surface area (Å²) in [5.41, 5.74) is 6.58. The molecule has 0 bridgehead atoms. The van der Waals surface area contributed by atoms with Crippen molar-refractivity contribution >= 4 is 32.2 Å². The van der Waals surface area contributed by atoms with E-state index in [0.29, 0.717) is 5.13 Å². The smallest absolute Gasteiger partial charge is 0.267 e. The van der Waals surface area contributed by atoms with Crippen molar-refractivity contribution in [2.45, 2.75) is 18.7 Å². The van der Waals surface area contributed by atoms with E-state index in [4.69, 9.17) is 5.73 Å². The minimum absolute atomic E-state index is 0.0458. The number of thiazole rings is 1. The summed E-state index contributed by atoms with van der Waals surface area (Å²) in [7, 11) is -3.74. The van der Waals surface area contributed by atoms with Crippen LogP contribution in [0.5, 0.6) is 0 Å². The van der Waals surface area contributed by atoms with Gasteiger partial charge in [0.15, 0.2) is 5.13 Å². The first-order valence-corrected chi connectivity index (χ1v) is 7.36. The van der Waals surface area contributed by atoms with E-state index in [-0.39, 0.29) is 10.6 Å². The van der Waals surface area contributed by atoms with Gasteiger partial charge in [-0.1, -0.05) is 0 Å². The molecule has 0 atom stereocenters. The molecule has 2 aromatic heterocycles. The number of pyridine rings is 1. The van der Waals surface area contributed by atoms with Crippen LogP contribution in [0.25, 0.3) is 0 Å². The highest BCUT2D eigenvalue weighted by atomic mass is 32.2. The van der Waals surface area contributed by atoms with E-state index in [2.05, 4.69) is 14.7 Å². The number of anilines is 2. The van der Waals surface area contributed by atoms with Crippen LogP contribution in [0.1, 0.15) is 10.6 Å². The molecular weight excluding hydrogens is 272 g/mol. The molecule has 96 valence electrons. The number of rotatable bonds is 3. The maximum Gasteiger partial charge on any atom is 0.267 e. The summed E-state index contributed by atoms with van der Waals surface area (Å²) in [6, 6.07) is 1.44. The van der Waals surface area contributed by atoms with Gasteiger partial charge in [-0.15, -0.1) is 11.3 Å². The molecule has 0 saturated carbocycles. The lowest BCUT2D eigenvalue weighted by Gasteiger charge is -2.06. The first kappa shape index (κ1) is 12.8. The van der Waals surface area contributed by atoms with Crippen LogP contribution in [0.2, 0.25) is 0 Å². The summed E-state index contributed by atoms with van der Waals surface area (Å²) in [6.45, 7) is 3.70. The number of nitrogen functional groups attached to an aromatic ring is 1. The molecule has 18 heavy (non-hydrogen) atoms. The van der Waals surface area contributed by atoms with Crippen molar-refractivity contribution in [2.24, 2.45) is 0 Å². The van der Waals surface area contributed by atoms with Crippen LogP contribution in [0, 0.1) is 13.8 Å². The highest BCUT2D eigenvalue weighted by Crippen LogP contribution is 2.25. The molecule has 0 aliphatic heterocycles. The van der Waals surface area contributed by atoms with Gasteiger partial charge in [0.25, 0.3) is 10.0 Å². The van der Waals surface area contributed by atoms with Gasteiger partial charge in [0.05, 0.1) is 11.4 Å². The van der Waals surface area contributed by atoms with Gasteiger partial charge >= 0.3 is 0 Å². The maximum absolute atomic E-state index is 12.1. The fourth-order valence-corrected chi connectivity index (χ4v) is 3.43. The molecule has 0 radical (unpaired) electrons. The number of nitrogens with one attached hydrogen (secondary N) is 1. The summed E-state index contributed by atoms with van der Waals surface area (Å²) in [6.07, 6.45) is 2.65. The van der Waals surface area contributed by atoms with Crippen molar-refractivity contribution in [3.05, 3.63) is 29.0 Å². The molecule has 0 aliphatic carbocycles. The van der Waals surface area contributed by atoms with E-state index in [0.717, 1.165) is 10.6 Å². The molecule has 2 rings (SSSR count). The van der Waals surface area contributed by atoms with Gasteiger partial charge < -0.3 is 5.73 Å². The number of hydrogen-bond donors (Lipinski definition) is 2. The van der Waals surface area contributed by atoms with Gasteiger partial charge in [-0.05, 0) is 19.9 Å². The Bertz CT molecular complexity index is 659. The zero-order valence-corrected chi connectivity index (χ0v) is 11.5. The molecule has 3 N–H and O–H groups in total. The molecule has 0 aliphatic rings. The highest BCUT2D eigenvalue weighted by molar-refractivity contribution is 7.93. The first-order chi connectivity index (χ1) is 8.40. The van der Waals surface area contributed by atoms with Crippen molar-refractivity contribution in [1.82, 2.24) is 9.97 Å². The average Bonchev–Trinajstić information content (AvgIpc) is 2.57. The second-order valence-corrected chi connectivity index (χ2v) is 6.53. The molecule has 2 aromatic rings. The predicted molar refractivity (Wildman–Crippen MR) is 71.0 cm³/mol. The summed E-state index contributed by atoms with van der Waals surface area (Å²) in [5.74, 6) is 0. The highest BCUT2D eigenvalue weighted by Gasteiger charge is 2.19. The summed E-state index contributed by atoms with van der Waals surface area (Å²) < 4.78 is 26.6. The van der Waals surface area contributed by atoms with Crippen molar-refractivity contribution in [1.29, 1.82) is 0 Å². The molecule has 0 unspecified atom stereocenters. The molecule has 0 spiro atoms. The monoisotopic (exact) mass is 284 g/mol. The molecule has 0 fully saturated rings. The van der Waals surface area contributed by atoms with Crippen molar-refractivity contribution in [2.75, 3.05) is 10.5 Å². The molecule has 8 heteroatoms. The lowest BCUT2D eigenvalue weighted by Crippen LogP contribution is -2.14. The zero-order valence-electron chi connectivity index (χ0n) is 9.84. The third-order valence-corrected chi connectivity index (χ3v) is 4.86. The van der Waals surface area contributed by atoms with E-state index in [9.17, 15) is 8.42 Å². The van der Waals surface area contributed by atoms with Gasteiger partial charge in [0.1, 0.15) is 4.90 Å². The summed E-state index contributed by atoms with van der Waals surface area (Å²) in [5, 5.41) is 0.327. The van der Waals surface area contributed by atoms with Crippen molar-refractivity contribution in [3.63, 3.8) is 0 Å².